The number of aromatic carboxylic acids is 1. The van der Waals surface area contributed by atoms with Crippen LogP contribution in [-0.4, -0.2) is 28.1 Å². The van der Waals surface area contributed by atoms with Crippen LogP contribution in [0.1, 0.15) is 38.0 Å². The van der Waals surface area contributed by atoms with E-state index in [2.05, 4.69) is 4.98 Å². The summed E-state index contributed by atoms with van der Waals surface area (Å²) >= 11 is 0. The Bertz CT molecular complexity index is 1120. The van der Waals surface area contributed by atoms with E-state index in [1.54, 1.807) is 5.32 Å². The number of aromatic amines is 1. The summed E-state index contributed by atoms with van der Waals surface area (Å²) in [5.41, 5.74) is -2.17. The van der Waals surface area contributed by atoms with Crippen molar-refractivity contribution in [3.05, 3.63) is 70.9 Å². The lowest BCUT2D eigenvalue weighted by atomic mass is 10.0. The van der Waals surface area contributed by atoms with Crippen molar-refractivity contribution in [3.63, 3.8) is 0 Å². The van der Waals surface area contributed by atoms with Gasteiger partial charge in [-0.15, -0.1) is 0 Å². The molecular formula is C19H12F6N2O3. The summed E-state index contributed by atoms with van der Waals surface area (Å²) in [7, 11) is 0. The van der Waals surface area contributed by atoms with Gasteiger partial charge in [0.25, 0.3) is 5.91 Å². The highest BCUT2D eigenvalue weighted by Crippen LogP contribution is 2.36. The van der Waals surface area contributed by atoms with Gasteiger partial charge in [-0.3, -0.25) is 4.79 Å². The minimum atomic E-state index is -5.07. The van der Waals surface area contributed by atoms with Crippen molar-refractivity contribution in [2.45, 2.75) is 18.4 Å². The number of nitrogens with one attached hydrogen (secondary N) is 2. The van der Waals surface area contributed by atoms with Gasteiger partial charge in [-0.2, -0.15) is 26.3 Å². The topological polar surface area (TPSA) is 82.2 Å². The molecule has 0 saturated carbocycles. The second kappa shape index (κ2) is 7.39. The Labute approximate surface area is 164 Å². The Hall–Kier alpha value is -3.50. The summed E-state index contributed by atoms with van der Waals surface area (Å²) in [6.45, 7) is 0. The molecule has 158 valence electrons. The number of alkyl halides is 6. The zero-order chi connectivity index (χ0) is 22.3. The molecule has 0 saturated heterocycles. The highest BCUT2D eigenvalue weighted by Gasteiger charge is 2.43. The molecule has 1 unspecified atom stereocenters. The molecule has 0 spiro atoms. The van der Waals surface area contributed by atoms with Crippen LogP contribution in [0.3, 0.4) is 0 Å². The fourth-order valence-corrected chi connectivity index (χ4v) is 2.85. The predicted molar refractivity (Wildman–Crippen MR) is 93.0 cm³/mol. The van der Waals surface area contributed by atoms with E-state index in [0.29, 0.717) is 17.6 Å². The van der Waals surface area contributed by atoms with Crippen LogP contribution in [0.4, 0.5) is 26.3 Å². The predicted octanol–water partition coefficient (Wildman–Crippen LogP) is 4.92. The summed E-state index contributed by atoms with van der Waals surface area (Å²) in [6, 6.07) is 4.85. The molecule has 0 aliphatic carbocycles. The minimum absolute atomic E-state index is 0.0920. The number of carbonyl (C=O) groups is 2. The maximum atomic E-state index is 13.5. The van der Waals surface area contributed by atoms with E-state index >= 15 is 0 Å². The van der Waals surface area contributed by atoms with E-state index in [0.717, 1.165) is 18.2 Å². The number of carboxylic acid groups (broad SMARTS) is 1. The van der Waals surface area contributed by atoms with E-state index in [9.17, 15) is 35.9 Å². The first-order valence-corrected chi connectivity index (χ1v) is 8.27. The summed E-state index contributed by atoms with van der Waals surface area (Å²) in [6.07, 6.45) is -9.92. The van der Waals surface area contributed by atoms with Crippen molar-refractivity contribution in [2.75, 3.05) is 0 Å². The molecule has 1 atom stereocenters. The number of carboxylic acids is 1. The van der Waals surface area contributed by atoms with Gasteiger partial charge in [-0.05, 0) is 42.0 Å². The number of hydrogen-bond acceptors (Lipinski definition) is 2. The molecule has 0 aliphatic heterocycles. The number of benzene rings is 2. The van der Waals surface area contributed by atoms with Crippen LogP contribution < -0.4 is 5.32 Å². The van der Waals surface area contributed by atoms with Gasteiger partial charge in [0.1, 0.15) is 5.69 Å². The monoisotopic (exact) mass is 430 g/mol. The second-order valence-corrected chi connectivity index (χ2v) is 6.36. The molecule has 3 aromatic rings. The third-order valence-electron chi connectivity index (χ3n) is 4.26. The number of amides is 1. The number of carbonyl (C=O) groups excluding carboxylic acids is 1. The van der Waals surface area contributed by atoms with Gasteiger partial charge in [0, 0.05) is 10.9 Å². The van der Waals surface area contributed by atoms with Gasteiger partial charge in [0.2, 0.25) is 0 Å². The first-order chi connectivity index (χ1) is 13.9. The van der Waals surface area contributed by atoms with Crippen molar-refractivity contribution in [1.29, 1.82) is 0 Å². The minimum Gasteiger partial charge on any atom is -0.478 e. The van der Waals surface area contributed by atoms with Crippen LogP contribution in [0.15, 0.2) is 48.5 Å². The van der Waals surface area contributed by atoms with E-state index in [4.69, 9.17) is 5.11 Å². The average molecular weight is 430 g/mol. The number of halogens is 6. The largest absolute Gasteiger partial charge is 0.478 e. The molecule has 1 aromatic heterocycles. The molecule has 3 rings (SSSR count). The van der Waals surface area contributed by atoms with Crippen LogP contribution in [0.5, 0.6) is 0 Å². The molecule has 0 aliphatic rings. The summed E-state index contributed by atoms with van der Waals surface area (Å²) < 4.78 is 79.0. The molecule has 3 N–H and O–H groups in total. The van der Waals surface area contributed by atoms with Gasteiger partial charge in [0.05, 0.1) is 11.1 Å². The average Bonchev–Trinajstić information content (AvgIpc) is 3.07. The SMILES string of the molecule is O=C(O)c1ccc2[nH]c(C(=O)NC(c3cccc(C(F)(F)F)c3)C(F)(F)F)cc2c1. The quantitative estimate of drug-likeness (QED) is 0.514. The fraction of sp³-hybridized carbons (Fsp3) is 0.158. The van der Waals surface area contributed by atoms with E-state index in [1.807, 2.05) is 0 Å². The standard InChI is InChI=1S/C19H12F6N2O3/c20-18(21,22)12-3-1-2-9(7-12)15(19(23,24)25)27-16(28)14-8-11-6-10(17(29)30)4-5-13(11)26-14/h1-8,15,26H,(H,27,28)(H,29,30). The van der Waals surface area contributed by atoms with Crippen LogP contribution >= 0.6 is 0 Å². The smallest absolute Gasteiger partial charge is 0.416 e. The number of H-pyrrole nitrogens is 1. The van der Waals surface area contributed by atoms with Crippen molar-refractivity contribution in [3.8, 4) is 0 Å². The van der Waals surface area contributed by atoms with Crippen molar-refractivity contribution >= 4 is 22.8 Å². The van der Waals surface area contributed by atoms with E-state index in [1.165, 1.54) is 18.2 Å². The van der Waals surface area contributed by atoms with Crippen molar-refractivity contribution < 1.29 is 41.0 Å². The zero-order valence-corrected chi connectivity index (χ0v) is 14.7. The highest BCUT2D eigenvalue weighted by atomic mass is 19.4. The van der Waals surface area contributed by atoms with Crippen molar-refractivity contribution in [1.82, 2.24) is 10.3 Å². The number of aromatic nitrogens is 1. The van der Waals surface area contributed by atoms with E-state index in [-0.39, 0.29) is 16.6 Å². The Kier molecular flexibility index (Phi) is 5.23. The Balaban J connectivity index is 1.93. The first kappa shape index (κ1) is 21.2. The number of hydrogen-bond donors (Lipinski definition) is 3. The van der Waals surface area contributed by atoms with Gasteiger partial charge in [-0.25, -0.2) is 4.79 Å². The van der Waals surface area contributed by atoms with Gasteiger partial charge < -0.3 is 15.4 Å². The molecule has 1 amide bonds. The summed E-state index contributed by atoms with van der Waals surface area (Å²) in [5.74, 6) is -2.45. The molecule has 0 fully saturated rings. The Morgan fingerprint density at radius 3 is 2.27 bits per heavy atom. The van der Waals surface area contributed by atoms with Gasteiger partial charge in [0.15, 0.2) is 6.04 Å². The lowest BCUT2D eigenvalue weighted by Crippen LogP contribution is -2.38. The Morgan fingerprint density at radius 1 is 0.967 bits per heavy atom. The zero-order valence-electron chi connectivity index (χ0n) is 14.7. The van der Waals surface area contributed by atoms with Gasteiger partial charge >= 0.3 is 18.3 Å². The highest BCUT2D eigenvalue weighted by molar-refractivity contribution is 6.00. The molecule has 0 radical (unpaired) electrons. The van der Waals surface area contributed by atoms with Crippen LogP contribution in [0, 0.1) is 0 Å². The molecule has 11 heteroatoms. The second-order valence-electron chi connectivity index (χ2n) is 6.36. The molecular weight excluding hydrogens is 418 g/mol. The maximum absolute atomic E-state index is 13.5. The van der Waals surface area contributed by atoms with Crippen LogP contribution in [0.25, 0.3) is 10.9 Å². The molecule has 2 aromatic carbocycles. The lowest BCUT2D eigenvalue weighted by molar-refractivity contribution is -0.156. The Morgan fingerprint density at radius 2 is 1.67 bits per heavy atom. The first-order valence-electron chi connectivity index (χ1n) is 8.27. The number of rotatable bonds is 4. The fourth-order valence-electron chi connectivity index (χ4n) is 2.85. The van der Waals surface area contributed by atoms with Gasteiger partial charge in [-0.1, -0.05) is 12.1 Å². The van der Waals surface area contributed by atoms with Crippen LogP contribution in [0.2, 0.25) is 0 Å². The third-order valence-corrected chi connectivity index (χ3v) is 4.26. The summed E-state index contributed by atoms with van der Waals surface area (Å²) in [5, 5.41) is 10.9. The summed E-state index contributed by atoms with van der Waals surface area (Å²) in [4.78, 5) is 25.9. The molecule has 1 heterocycles. The maximum Gasteiger partial charge on any atom is 0.416 e. The lowest BCUT2D eigenvalue weighted by Gasteiger charge is -2.22. The van der Waals surface area contributed by atoms with Crippen molar-refractivity contribution in [2.24, 2.45) is 0 Å². The number of fused-ring (bicyclic) bond motifs is 1. The molecule has 0 bridgehead atoms. The van der Waals surface area contributed by atoms with Crippen LogP contribution in [-0.2, 0) is 6.18 Å². The third kappa shape index (κ3) is 4.39. The molecule has 30 heavy (non-hydrogen) atoms. The normalized spacial score (nSPS) is 13.3. The van der Waals surface area contributed by atoms with E-state index < -0.39 is 41.4 Å². The molecule has 5 nitrogen and oxygen atoms in total.